The molecule has 3 nitrogen and oxygen atoms in total. The van der Waals surface area contributed by atoms with Crippen LogP contribution in [0, 0.1) is 0 Å². The lowest BCUT2D eigenvalue weighted by atomic mass is 10.2. The maximum absolute atomic E-state index is 5.74. The molecule has 0 radical (unpaired) electrons. The summed E-state index contributed by atoms with van der Waals surface area (Å²) in [6.45, 7) is 0.874. The molecule has 0 atom stereocenters. The average Bonchev–Trinajstić information content (AvgIpc) is 2.51. The van der Waals surface area contributed by atoms with Crippen molar-refractivity contribution < 1.29 is 4.74 Å². The second kappa shape index (κ2) is 8.32. The summed E-state index contributed by atoms with van der Waals surface area (Å²) in [4.78, 5) is 8.04. The van der Waals surface area contributed by atoms with Gasteiger partial charge in [-0.25, -0.2) is 0 Å². The maximum Gasteiger partial charge on any atom is 0.0794 e. The number of rotatable bonds is 6. The topological polar surface area (TPSA) is 34.0 Å². The van der Waals surface area contributed by atoms with Gasteiger partial charge < -0.3 is 4.74 Å². The fourth-order valence-corrected chi connectivity index (χ4v) is 2.05. The number of aliphatic imine (C=N–C) groups is 2. The Kier molecular flexibility index (Phi) is 6.10. The summed E-state index contributed by atoms with van der Waals surface area (Å²) in [6.07, 6.45) is 0. The van der Waals surface area contributed by atoms with E-state index in [2.05, 4.69) is 44.7 Å². The van der Waals surface area contributed by atoms with Gasteiger partial charge in [-0.3, -0.25) is 0 Å². The van der Waals surface area contributed by atoms with Crippen LogP contribution in [0.5, 0.6) is 0 Å². The van der Waals surface area contributed by atoms with Crippen LogP contribution in [0.1, 0.15) is 11.1 Å². The van der Waals surface area contributed by atoms with Crippen molar-refractivity contribution in [1.29, 1.82) is 0 Å². The lowest BCUT2D eigenvalue weighted by Gasteiger charge is -2.08. The summed E-state index contributed by atoms with van der Waals surface area (Å²) in [5.74, 6) is 0. The molecule has 0 N–H and O–H groups in total. The number of hydrogen-bond acceptors (Lipinski definition) is 5. The van der Waals surface area contributed by atoms with Crippen molar-refractivity contribution in [2.24, 2.45) is 9.98 Å². The molecule has 0 aromatic heterocycles. The quantitative estimate of drug-likeness (QED) is 0.563. The Balaban J connectivity index is 2.05. The van der Waals surface area contributed by atoms with Crippen molar-refractivity contribution in [2.45, 2.75) is 13.2 Å². The molecule has 0 heterocycles. The zero-order valence-electron chi connectivity index (χ0n) is 11.2. The van der Waals surface area contributed by atoms with E-state index in [9.17, 15) is 0 Å². The first kappa shape index (κ1) is 15.4. The molecule has 2 aromatic carbocycles. The van der Waals surface area contributed by atoms with E-state index in [-0.39, 0.29) is 0 Å². The van der Waals surface area contributed by atoms with E-state index < -0.39 is 0 Å². The number of nitrogens with zero attached hydrogens (tertiary/aromatic N) is 2. The molecule has 5 heteroatoms. The molecule has 0 aliphatic carbocycles. The van der Waals surface area contributed by atoms with Crippen LogP contribution in [0.4, 0.5) is 11.4 Å². The third-order valence-corrected chi connectivity index (χ3v) is 3.01. The Morgan fingerprint density at radius 3 is 1.62 bits per heavy atom. The Labute approximate surface area is 134 Å². The molecular weight excluding hydrogens is 300 g/mol. The summed E-state index contributed by atoms with van der Waals surface area (Å²) in [6, 6.07) is 15.3. The predicted octanol–water partition coefficient (Wildman–Crippen LogP) is 4.87. The van der Waals surface area contributed by atoms with Crippen LogP contribution in [0.25, 0.3) is 0 Å². The Morgan fingerprint density at radius 1 is 0.762 bits per heavy atom. The second-order valence-corrected chi connectivity index (χ2v) is 4.52. The summed E-state index contributed by atoms with van der Waals surface area (Å²) in [7, 11) is 0. The first-order valence-electron chi connectivity index (χ1n) is 6.24. The molecule has 0 saturated heterocycles. The van der Waals surface area contributed by atoms with Gasteiger partial charge in [0, 0.05) is 11.1 Å². The highest BCUT2D eigenvalue weighted by molar-refractivity contribution is 7.78. The standard InChI is InChI=1S/C16H12N2OS2/c20-11-17-15-7-3-1-5-13(15)9-19-10-14-6-2-4-8-16(14)18-12-21/h1-8H,9-10H2. The molecule has 21 heavy (non-hydrogen) atoms. The second-order valence-electron chi connectivity index (χ2n) is 4.16. The largest absolute Gasteiger partial charge is 0.372 e. The summed E-state index contributed by atoms with van der Waals surface area (Å²) in [5.41, 5.74) is 3.48. The van der Waals surface area contributed by atoms with Gasteiger partial charge in [0.25, 0.3) is 0 Å². The Hall–Kier alpha value is -2.00. The Morgan fingerprint density at radius 2 is 1.19 bits per heavy atom. The molecule has 104 valence electrons. The molecule has 0 aliphatic rings. The van der Waals surface area contributed by atoms with Crippen LogP contribution in [0.2, 0.25) is 0 Å². The molecule has 0 fully saturated rings. The molecule has 0 saturated carbocycles. The fourth-order valence-electron chi connectivity index (χ4n) is 1.85. The van der Waals surface area contributed by atoms with Crippen molar-refractivity contribution in [3.63, 3.8) is 0 Å². The van der Waals surface area contributed by atoms with Crippen LogP contribution >= 0.6 is 24.4 Å². The van der Waals surface area contributed by atoms with Crippen molar-refractivity contribution in [2.75, 3.05) is 0 Å². The van der Waals surface area contributed by atoms with Crippen LogP contribution in [-0.2, 0) is 18.0 Å². The van der Waals surface area contributed by atoms with E-state index >= 15 is 0 Å². The highest BCUT2D eigenvalue weighted by Gasteiger charge is 2.03. The minimum atomic E-state index is 0.437. The molecule has 2 aromatic rings. The van der Waals surface area contributed by atoms with Crippen molar-refractivity contribution in [3.8, 4) is 0 Å². The summed E-state index contributed by atoms with van der Waals surface area (Å²) < 4.78 is 5.74. The summed E-state index contributed by atoms with van der Waals surface area (Å²) >= 11 is 9.28. The van der Waals surface area contributed by atoms with Crippen molar-refractivity contribution in [1.82, 2.24) is 0 Å². The molecule has 2 rings (SSSR count). The third kappa shape index (κ3) is 4.50. The van der Waals surface area contributed by atoms with Gasteiger partial charge in [-0.1, -0.05) is 36.4 Å². The van der Waals surface area contributed by atoms with Gasteiger partial charge in [-0.15, -0.1) is 0 Å². The van der Waals surface area contributed by atoms with Gasteiger partial charge in [0.05, 0.1) is 34.9 Å². The number of benzene rings is 2. The van der Waals surface area contributed by atoms with Gasteiger partial charge in [-0.05, 0) is 36.6 Å². The summed E-state index contributed by atoms with van der Waals surface area (Å²) in [5, 5.41) is 4.75. The fraction of sp³-hybridized carbons (Fsp3) is 0.125. The third-order valence-electron chi connectivity index (χ3n) is 2.83. The SMILES string of the molecule is S=C=Nc1ccccc1COCc1ccccc1N=C=S. The van der Waals surface area contributed by atoms with Crippen molar-refractivity contribution in [3.05, 3.63) is 59.7 Å². The van der Waals surface area contributed by atoms with Gasteiger partial charge in [0.15, 0.2) is 0 Å². The lowest BCUT2D eigenvalue weighted by Crippen LogP contribution is -1.95. The maximum atomic E-state index is 5.74. The van der Waals surface area contributed by atoms with E-state index in [0.717, 1.165) is 22.5 Å². The van der Waals surface area contributed by atoms with Gasteiger partial charge in [0.1, 0.15) is 0 Å². The van der Waals surface area contributed by atoms with E-state index in [1.165, 1.54) is 0 Å². The van der Waals surface area contributed by atoms with E-state index in [1.807, 2.05) is 48.5 Å². The zero-order chi connectivity index (χ0) is 14.9. The molecule has 0 amide bonds. The van der Waals surface area contributed by atoms with E-state index in [4.69, 9.17) is 4.74 Å². The molecular formula is C16H12N2OS2. The molecule has 0 spiro atoms. The van der Waals surface area contributed by atoms with Crippen LogP contribution in [-0.4, -0.2) is 10.3 Å². The number of hydrogen-bond donors (Lipinski definition) is 0. The highest BCUT2D eigenvalue weighted by Crippen LogP contribution is 2.22. The van der Waals surface area contributed by atoms with Crippen LogP contribution < -0.4 is 0 Å². The first-order chi connectivity index (χ1) is 10.3. The highest BCUT2D eigenvalue weighted by atomic mass is 32.1. The smallest absolute Gasteiger partial charge is 0.0794 e. The minimum Gasteiger partial charge on any atom is -0.372 e. The van der Waals surface area contributed by atoms with Gasteiger partial charge in [0.2, 0.25) is 0 Å². The zero-order valence-corrected chi connectivity index (χ0v) is 12.8. The monoisotopic (exact) mass is 312 g/mol. The average molecular weight is 312 g/mol. The lowest BCUT2D eigenvalue weighted by molar-refractivity contribution is 0.108. The Bertz CT molecular complexity index is 656. The first-order valence-corrected chi connectivity index (χ1v) is 7.06. The number of para-hydroxylation sites is 2. The predicted molar refractivity (Wildman–Crippen MR) is 90.7 cm³/mol. The minimum absolute atomic E-state index is 0.437. The van der Waals surface area contributed by atoms with E-state index in [1.54, 1.807) is 0 Å². The van der Waals surface area contributed by atoms with Crippen LogP contribution in [0.15, 0.2) is 58.5 Å². The molecule has 0 unspecified atom stereocenters. The van der Waals surface area contributed by atoms with Gasteiger partial charge >= 0.3 is 0 Å². The number of thiocarbonyl (C=S) groups is 2. The number of ether oxygens (including phenoxy) is 1. The molecule has 0 aliphatic heterocycles. The van der Waals surface area contributed by atoms with Gasteiger partial charge in [-0.2, -0.15) is 9.98 Å². The number of isothiocyanates is 2. The van der Waals surface area contributed by atoms with Crippen LogP contribution in [0.3, 0.4) is 0 Å². The normalized spacial score (nSPS) is 9.52. The van der Waals surface area contributed by atoms with Crippen molar-refractivity contribution >= 4 is 46.1 Å². The molecule has 0 bridgehead atoms. The van der Waals surface area contributed by atoms with E-state index in [0.29, 0.717) is 13.2 Å².